The minimum atomic E-state index is -0.732. The number of nitrogens with zero attached hydrogens (tertiary/aromatic N) is 4. The van der Waals surface area contributed by atoms with Crippen molar-refractivity contribution < 1.29 is 19.2 Å². The third-order valence-electron chi connectivity index (χ3n) is 4.26. The highest BCUT2D eigenvalue weighted by atomic mass is 32.2. The van der Waals surface area contributed by atoms with E-state index in [9.17, 15) is 19.7 Å². The van der Waals surface area contributed by atoms with Crippen LogP contribution in [0.4, 0.5) is 11.4 Å². The second kappa shape index (κ2) is 9.85. The van der Waals surface area contributed by atoms with Crippen molar-refractivity contribution in [3.8, 4) is 5.75 Å². The van der Waals surface area contributed by atoms with Crippen molar-refractivity contribution in [3.05, 3.63) is 64.2 Å². The number of amides is 2. The molecule has 11 heteroatoms. The fourth-order valence-corrected chi connectivity index (χ4v) is 3.72. The van der Waals surface area contributed by atoms with Crippen LogP contribution in [-0.2, 0) is 9.59 Å². The average molecular weight is 441 g/mol. The molecule has 0 radical (unpaired) electrons. The summed E-state index contributed by atoms with van der Waals surface area (Å²) in [6, 6.07) is 12.7. The van der Waals surface area contributed by atoms with E-state index in [4.69, 9.17) is 10.5 Å². The molecule has 0 spiro atoms. The third-order valence-corrected chi connectivity index (χ3v) is 5.24. The van der Waals surface area contributed by atoms with E-state index >= 15 is 0 Å². The van der Waals surface area contributed by atoms with Crippen LogP contribution >= 0.6 is 11.8 Å². The van der Waals surface area contributed by atoms with Crippen molar-refractivity contribution >= 4 is 46.3 Å². The first-order valence-electron chi connectivity index (χ1n) is 9.27. The molecule has 0 bridgehead atoms. The van der Waals surface area contributed by atoms with Gasteiger partial charge in [-0.2, -0.15) is 5.10 Å². The molecule has 1 aliphatic heterocycles. The van der Waals surface area contributed by atoms with Gasteiger partial charge in [0.15, 0.2) is 5.17 Å². The van der Waals surface area contributed by atoms with Crippen molar-refractivity contribution in [2.45, 2.75) is 18.6 Å². The van der Waals surface area contributed by atoms with Gasteiger partial charge in [-0.05, 0) is 37.3 Å². The van der Waals surface area contributed by atoms with E-state index in [0.29, 0.717) is 18.0 Å². The van der Waals surface area contributed by atoms with E-state index < -0.39 is 16.1 Å². The summed E-state index contributed by atoms with van der Waals surface area (Å²) in [4.78, 5) is 36.7. The Morgan fingerprint density at radius 2 is 2.00 bits per heavy atom. The number of benzene rings is 2. The molecule has 3 rings (SSSR count). The summed E-state index contributed by atoms with van der Waals surface area (Å²) in [6.45, 7) is 2.37. The van der Waals surface area contributed by atoms with Crippen molar-refractivity contribution in [2.24, 2.45) is 15.9 Å². The van der Waals surface area contributed by atoms with Crippen LogP contribution < -0.4 is 15.4 Å². The number of amidine groups is 1. The lowest BCUT2D eigenvalue weighted by Crippen LogP contribution is -2.31. The lowest BCUT2D eigenvalue weighted by molar-refractivity contribution is -0.385. The number of nitro benzene ring substituents is 1. The predicted octanol–water partition coefficient (Wildman–Crippen LogP) is 2.71. The molecule has 2 N–H and O–H groups in total. The fourth-order valence-electron chi connectivity index (χ4n) is 2.91. The highest BCUT2D eigenvalue weighted by molar-refractivity contribution is 8.14. The number of hydrogen-bond donors (Lipinski definition) is 1. The first-order valence-corrected chi connectivity index (χ1v) is 10.1. The van der Waals surface area contributed by atoms with Gasteiger partial charge >= 0.3 is 0 Å². The summed E-state index contributed by atoms with van der Waals surface area (Å²) >= 11 is 0.918. The van der Waals surface area contributed by atoms with Gasteiger partial charge in [0, 0.05) is 12.5 Å². The SMILES string of the molecule is CCOc1ccc(N2C(=O)CC(S/C(N)=N/N=C\c3ccccc3[N+](=O)[O-])C2=O)cc1. The number of ether oxygens (including phenoxy) is 1. The second-order valence-corrected chi connectivity index (χ2v) is 7.53. The summed E-state index contributed by atoms with van der Waals surface area (Å²) in [5, 5.41) is 17.8. The van der Waals surface area contributed by atoms with Gasteiger partial charge in [-0.1, -0.05) is 23.9 Å². The molecular formula is C20H19N5O5S. The Labute approximate surface area is 181 Å². The van der Waals surface area contributed by atoms with E-state index in [1.54, 1.807) is 36.4 Å². The van der Waals surface area contributed by atoms with Crippen LogP contribution in [0.15, 0.2) is 58.7 Å². The van der Waals surface area contributed by atoms with Gasteiger partial charge < -0.3 is 10.5 Å². The minimum Gasteiger partial charge on any atom is -0.494 e. The number of imide groups is 1. The Bertz CT molecular complexity index is 1050. The first-order chi connectivity index (χ1) is 14.9. The van der Waals surface area contributed by atoms with Crippen molar-refractivity contribution in [1.29, 1.82) is 0 Å². The molecule has 1 fully saturated rings. The fraction of sp³-hybridized carbons (Fsp3) is 0.200. The maximum Gasteiger partial charge on any atom is 0.278 e. The highest BCUT2D eigenvalue weighted by Gasteiger charge is 2.40. The molecule has 160 valence electrons. The van der Waals surface area contributed by atoms with Crippen LogP contribution in [0, 0.1) is 10.1 Å². The van der Waals surface area contributed by atoms with Gasteiger partial charge in [-0.25, -0.2) is 4.90 Å². The summed E-state index contributed by atoms with van der Waals surface area (Å²) in [5.41, 5.74) is 6.43. The van der Waals surface area contributed by atoms with Gasteiger partial charge in [-0.3, -0.25) is 19.7 Å². The van der Waals surface area contributed by atoms with E-state index in [1.165, 1.54) is 18.3 Å². The number of nitro groups is 1. The van der Waals surface area contributed by atoms with E-state index in [2.05, 4.69) is 10.2 Å². The number of carbonyl (C=O) groups is 2. The molecule has 2 amide bonds. The van der Waals surface area contributed by atoms with Crippen LogP contribution in [0.5, 0.6) is 5.75 Å². The molecule has 1 saturated heterocycles. The van der Waals surface area contributed by atoms with Gasteiger partial charge in [0.1, 0.15) is 11.0 Å². The smallest absolute Gasteiger partial charge is 0.278 e. The van der Waals surface area contributed by atoms with Crippen LogP contribution in [0.3, 0.4) is 0 Å². The number of para-hydroxylation sites is 1. The molecule has 10 nitrogen and oxygen atoms in total. The first kappa shape index (κ1) is 22.0. The molecule has 31 heavy (non-hydrogen) atoms. The quantitative estimate of drug-likeness (QED) is 0.229. The summed E-state index contributed by atoms with van der Waals surface area (Å²) < 4.78 is 5.37. The molecule has 1 aliphatic rings. The number of rotatable bonds is 7. The van der Waals surface area contributed by atoms with Crippen LogP contribution in [0.2, 0.25) is 0 Å². The molecule has 0 aliphatic carbocycles. The van der Waals surface area contributed by atoms with E-state index in [-0.39, 0.29) is 28.7 Å². The Hall–Kier alpha value is -3.73. The zero-order valence-corrected chi connectivity index (χ0v) is 17.3. The van der Waals surface area contributed by atoms with E-state index in [1.807, 2.05) is 6.92 Å². The molecule has 2 aromatic rings. The average Bonchev–Trinajstić information content (AvgIpc) is 3.02. The normalized spacial score (nSPS) is 16.9. The Kier molecular flexibility index (Phi) is 6.98. The van der Waals surface area contributed by atoms with Crippen LogP contribution in [0.25, 0.3) is 0 Å². The molecular weight excluding hydrogens is 422 g/mol. The van der Waals surface area contributed by atoms with Crippen molar-refractivity contribution in [2.75, 3.05) is 11.5 Å². The predicted molar refractivity (Wildman–Crippen MR) is 118 cm³/mol. The van der Waals surface area contributed by atoms with Crippen molar-refractivity contribution in [1.82, 2.24) is 0 Å². The minimum absolute atomic E-state index is 0.0270. The largest absolute Gasteiger partial charge is 0.494 e. The summed E-state index contributed by atoms with van der Waals surface area (Å²) in [7, 11) is 0. The summed E-state index contributed by atoms with van der Waals surface area (Å²) in [5.74, 6) is -0.105. The summed E-state index contributed by atoms with van der Waals surface area (Å²) in [6.07, 6.45) is 1.18. The number of nitrogens with two attached hydrogens (primary N) is 1. The Balaban J connectivity index is 1.67. The van der Waals surface area contributed by atoms with Gasteiger partial charge in [0.2, 0.25) is 11.8 Å². The molecule has 1 unspecified atom stereocenters. The standard InChI is InChI=1S/C20H19N5O5S/c1-2-30-15-9-7-14(8-10-15)24-18(26)11-17(19(24)27)31-20(21)23-22-12-13-5-3-4-6-16(13)25(28)29/h3-10,12,17H,2,11H2,1H3,(H2,21,23)/b22-12-. The number of carbonyl (C=O) groups excluding carboxylic acids is 2. The van der Waals surface area contributed by atoms with Crippen LogP contribution in [0.1, 0.15) is 18.9 Å². The molecule has 2 aromatic carbocycles. The number of anilines is 1. The Morgan fingerprint density at radius 3 is 2.68 bits per heavy atom. The van der Waals surface area contributed by atoms with E-state index in [0.717, 1.165) is 16.7 Å². The molecule has 0 saturated carbocycles. The lowest BCUT2D eigenvalue weighted by atomic mass is 10.2. The maximum atomic E-state index is 12.7. The molecule has 0 aromatic heterocycles. The number of thioether (sulfide) groups is 1. The van der Waals surface area contributed by atoms with Crippen molar-refractivity contribution in [3.63, 3.8) is 0 Å². The third kappa shape index (κ3) is 5.25. The monoisotopic (exact) mass is 441 g/mol. The topological polar surface area (TPSA) is 140 Å². The highest BCUT2D eigenvalue weighted by Crippen LogP contribution is 2.30. The molecule has 1 atom stereocenters. The second-order valence-electron chi connectivity index (χ2n) is 6.30. The maximum absolute atomic E-state index is 12.7. The molecule has 1 heterocycles. The lowest BCUT2D eigenvalue weighted by Gasteiger charge is -2.15. The zero-order valence-electron chi connectivity index (χ0n) is 16.5. The zero-order chi connectivity index (χ0) is 22.4. The van der Waals surface area contributed by atoms with Crippen LogP contribution in [-0.4, -0.2) is 40.0 Å². The van der Waals surface area contributed by atoms with Gasteiger partial charge in [-0.15, -0.1) is 5.10 Å². The van der Waals surface area contributed by atoms with Gasteiger partial charge in [0.05, 0.1) is 29.0 Å². The Morgan fingerprint density at radius 1 is 1.29 bits per heavy atom. The number of hydrogen-bond acceptors (Lipinski definition) is 8. The van der Waals surface area contributed by atoms with Gasteiger partial charge in [0.25, 0.3) is 5.69 Å².